The molecule has 3 rings (SSSR count). The van der Waals surface area contributed by atoms with Crippen LogP contribution in [0.1, 0.15) is 60.5 Å². The lowest BCUT2D eigenvalue weighted by atomic mass is 9.76. The fourth-order valence-electron chi connectivity index (χ4n) is 4.94. The molecule has 0 atom stereocenters. The minimum atomic E-state index is -3.89. The molecule has 0 amide bonds. The summed E-state index contributed by atoms with van der Waals surface area (Å²) in [6.07, 6.45) is 0.496. The number of benzene rings is 2. The Morgan fingerprint density at radius 3 is 1.88 bits per heavy atom. The van der Waals surface area contributed by atoms with E-state index in [-0.39, 0.29) is 9.93 Å². The van der Waals surface area contributed by atoms with Crippen molar-refractivity contribution in [1.82, 2.24) is 4.31 Å². The van der Waals surface area contributed by atoms with Crippen molar-refractivity contribution in [3.05, 3.63) is 71.0 Å². The van der Waals surface area contributed by atoms with Crippen molar-refractivity contribution in [3.8, 4) is 0 Å². The van der Waals surface area contributed by atoms with Gasteiger partial charge in [0.15, 0.2) is 8.32 Å². The summed E-state index contributed by atoms with van der Waals surface area (Å²) in [5.74, 6) is 0. The Bertz CT molecular complexity index is 1370. The normalized spacial score (nSPS) is 18.2. The van der Waals surface area contributed by atoms with Crippen LogP contribution < -0.4 is 5.19 Å². The van der Waals surface area contributed by atoms with E-state index < -0.39 is 44.7 Å². The van der Waals surface area contributed by atoms with E-state index in [0.29, 0.717) is 13.0 Å². The van der Waals surface area contributed by atoms with Gasteiger partial charge < -0.3 is 13.7 Å². The van der Waals surface area contributed by atoms with Gasteiger partial charge in [-0.25, -0.2) is 8.42 Å². The number of rotatable bonds is 10. The van der Waals surface area contributed by atoms with Gasteiger partial charge in [0.05, 0.1) is 16.1 Å². The molecule has 1 aliphatic rings. The van der Waals surface area contributed by atoms with Crippen molar-refractivity contribution < 1.29 is 22.2 Å². The molecule has 2 aromatic carbocycles. The van der Waals surface area contributed by atoms with Gasteiger partial charge in [-0.3, -0.25) is 4.31 Å². The number of sulfonamides is 1. The van der Waals surface area contributed by atoms with E-state index in [4.69, 9.17) is 13.7 Å². The third-order valence-corrected chi connectivity index (χ3v) is 19.7. The van der Waals surface area contributed by atoms with E-state index in [2.05, 4.69) is 59.1 Å². The quantitative estimate of drug-likeness (QED) is 0.263. The molecule has 0 spiro atoms. The number of hydrogen-bond acceptors (Lipinski definition) is 5. The Morgan fingerprint density at radius 1 is 0.905 bits per heavy atom. The van der Waals surface area contributed by atoms with E-state index in [1.54, 1.807) is 19.2 Å². The fraction of sp³-hybridized carbons (Fsp3) is 0.562. The van der Waals surface area contributed by atoms with Crippen LogP contribution in [0.2, 0.25) is 31.2 Å². The monoisotopic (exact) mass is 629 g/mol. The van der Waals surface area contributed by atoms with E-state index in [9.17, 15) is 8.42 Å². The molecule has 1 heterocycles. The topological polar surface area (TPSA) is 65.1 Å². The maximum absolute atomic E-state index is 14.3. The molecule has 232 valence electrons. The molecule has 42 heavy (non-hydrogen) atoms. The molecule has 0 aromatic heterocycles. The predicted octanol–water partition coefficient (Wildman–Crippen LogP) is 7.07. The molecule has 0 aliphatic carbocycles. The van der Waals surface area contributed by atoms with Gasteiger partial charge in [-0.2, -0.15) is 0 Å². The van der Waals surface area contributed by atoms with Crippen LogP contribution in [-0.2, 0) is 23.8 Å². The van der Waals surface area contributed by atoms with Crippen LogP contribution in [0.15, 0.2) is 70.3 Å². The highest BCUT2D eigenvalue weighted by molar-refractivity contribution is 7.89. The third-order valence-electron chi connectivity index (χ3n) is 9.56. The van der Waals surface area contributed by atoms with E-state index in [1.165, 1.54) is 4.31 Å². The van der Waals surface area contributed by atoms with Crippen LogP contribution in [-0.4, -0.2) is 61.1 Å². The van der Waals surface area contributed by atoms with Crippen molar-refractivity contribution in [1.29, 1.82) is 0 Å². The van der Waals surface area contributed by atoms with E-state index in [1.807, 2.05) is 65.0 Å². The molecule has 0 saturated carbocycles. The summed E-state index contributed by atoms with van der Waals surface area (Å²) in [7, 11) is -7.63. The first-order valence-electron chi connectivity index (χ1n) is 14.9. The first kappa shape index (κ1) is 34.8. The Labute approximate surface area is 258 Å². The second kappa shape index (κ2) is 12.0. The van der Waals surface area contributed by atoms with Crippen LogP contribution >= 0.6 is 0 Å². The summed E-state index contributed by atoms with van der Waals surface area (Å²) in [5.41, 5.74) is 0.681. The summed E-state index contributed by atoms with van der Waals surface area (Å²) >= 11 is 0. The summed E-state index contributed by atoms with van der Waals surface area (Å²) < 4.78 is 50.1. The van der Waals surface area contributed by atoms with Crippen molar-refractivity contribution in [2.24, 2.45) is 0 Å². The fourth-order valence-corrected chi connectivity index (χ4v) is 11.3. The number of nitrogens with zero attached hydrogens (tertiary/aromatic N) is 1. The van der Waals surface area contributed by atoms with Gasteiger partial charge >= 0.3 is 7.12 Å². The maximum atomic E-state index is 14.3. The van der Waals surface area contributed by atoms with Crippen LogP contribution in [0.5, 0.6) is 0 Å². The largest absolute Gasteiger partial charge is 0.492 e. The Balaban J connectivity index is 2.28. The first-order chi connectivity index (χ1) is 19.0. The molecule has 2 aromatic rings. The summed E-state index contributed by atoms with van der Waals surface area (Å²) in [5, 5.41) is 1.95. The highest BCUT2D eigenvalue weighted by atomic mass is 32.2. The molecule has 1 saturated heterocycles. The standard InChI is InChI=1S/C32H52BNO5SSi2/c1-25-19-21-26(22-20-25)40(35,36)34(9)29(41(10,11)27-17-15-14-16-18-27)28(23-24-37-42(12,13)30(2,3)4)33-38-31(5,6)32(7,8)39-33/h14-22H,23-24H2,1-13H3/b29-28-. The highest BCUT2D eigenvalue weighted by Crippen LogP contribution is 2.42. The van der Waals surface area contributed by atoms with Gasteiger partial charge in [0.25, 0.3) is 10.0 Å². The summed E-state index contributed by atoms with van der Waals surface area (Å²) in [6, 6.07) is 17.3. The van der Waals surface area contributed by atoms with Gasteiger partial charge in [-0.15, -0.1) is 0 Å². The van der Waals surface area contributed by atoms with Crippen molar-refractivity contribution in [2.75, 3.05) is 13.7 Å². The SMILES string of the molecule is Cc1ccc(S(=O)(=O)N(C)/C(=C(\CCO[Si](C)(C)C(C)(C)C)B2OC(C)(C)C(C)(C)O2)[Si](C)(C)c2ccccc2)cc1. The average molecular weight is 630 g/mol. The van der Waals surface area contributed by atoms with Crippen LogP contribution in [0.25, 0.3) is 0 Å². The Kier molecular flexibility index (Phi) is 9.95. The molecule has 0 bridgehead atoms. The van der Waals surface area contributed by atoms with E-state index >= 15 is 0 Å². The van der Waals surface area contributed by atoms with Gasteiger partial charge in [0, 0.05) is 19.0 Å². The molecular weight excluding hydrogens is 577 g/mol. The average Bonchev–Trinajstić information content (AvgIpc) is 3.09. The molecular formula is C32H52BNO5SSi2. The summed E-state index contributed by atoms with van der Waals surface area (Å²) in [6.45, 7) is 26.1. The lowest BCUT2D eigenvalue weighted by molar-refractivity contribution is 0.00578. The van der Waals surface area contributed by atoms with Crippen LogP contribution in [0.4, 0.5) is 0 Å². The van der Waals surface area contributed by atoms with Crippen LogP contribution in [0.3, 0.4) is 0 Å². The second-order valence-electron chi connectivity index (χ2n) is 14.6. The number of hydrogen-bond donors (Lipinski definition) is 0. The zero-order valence-electron chi connectivity index (χ0n) is 28.1. The molecule has 0 radical (unpaired) electrons. The molecule has 1 aliphatic heterocycles. The minimum absolute atomic E-state index is 0.0493. The Morgan fingerprint density at radius 2 is 1.40 bits per heavy atom. The highest BCUT2D eigenvalue weighted by Gasteiger charge is 2.54. The molecule has 0 unspecified atom stereocenters. The Hall–Kier alpha value is -1.69. The summed E-state index contributed by atoms with van der Waals surface area (Å²) in [4.78, 5) is 0.261. The smallest absolute Gasteiger partial charge is 0.417 e. The third kappa shape index (κ3) is 7.00. The van der Waals surface area contributed by atoms with Gasteiger partial charge in [-0.05, 0) is 76.8 Å². The van der Waals surface area contributed by atoms with Crippen LogP contribution in [0, 0.1) is 6.92 Å². The van der Waals surface area contributed by atoms with Gasteiger partial charge in [-0.1, -0.05) is 87.1 Å². The van der Waals surface area contributed by atoms with E-state index in [0.717, 1.165) is 21.5 Å². The lowest BCUT2D eigenvalue weighted by Gasteiger charge is -2.38. The molecule has 1 fully saturated rings. The lowest BCUT2D eigenvalue weighted by Crippen LogP contribution is -2.52. The predicted molar refractivity (Wildman–Crippen MR) is 181 cm³/mol. The van der Waals surface area contributed by atoms with Gasteiger partial charge in [0.2, 0.25) is 0 Å². The first-order valence-corrected chi connectivity index (χ1v) is 22.2. The zero-order valence-corrected chi connectivity index (χ0v) is 30.9. The number of aryl methyl sites for hydroxylation is 1. The van der Waals surface area contributed by atoms with Gasteiger partial charge in [0.1, 0.15) is 8.07 Å². The molecule has 0 N–H and O–H groups in total. The van der Waals surface area contributed by atoms with Crippen molar-refractivity contribution in [3.63, 3.8) is 0 Å². The maximum Gasteiger partial charge on any atom is 0.492 e. The molecule has 10 heteroatoms. The van der Waals surface area contributed by atoms with Crippen molar-refractivity contribution >= 4 is 38.7 Å². The minimum Gasteiger partial charge on any atom is -0.417 e. The van der Waals surface area contributed by atoms with Crippen molar-refractivity contribution in [2.45, 2.75) is 109 Å². The molecule has 6 nitrogen and oxygen atoms in total. The second-order valence-corrected chi connectivity index (χ2v) is 25.7. The zero-order chi connectivity index (χ0) is 31.9.